The minimum atomic E-state index is 0.135. The number of nitrogens with zero attached hydrogens (tertiary/aromatic N) is 3. The molecular weight excluding hydrogens is 250 g/mol. The number of rotatable bonds is 2. The number of hydrogen-bond donors (Lipinski definition) is 0. The average molecular weight is 269 g/mol. The number of amides is 1. The van der Waals surface area contributed by atoms with Crippen LogP contribution in [0.3, 0.4) is 0 Å². The van der Waals surface area contributed by atoms with Gasteiger partial charge in [0, 0.05) is 31.7 Å². The second kappa shape index (κ2) is 5.64. The number of carbonyl (C=O) groups is 1. The topological polar surface area (TPSA) is 47.3 Å². The van der Waals surface area contributed by atoms with E-state index in [0.29, 0.717) is 6.54 Å². The van der Waals surface area contributed by atoms with Crippen molar-refractivity contribution in [2.45, 2.75) is 19.3 Å². The lowest BCUT2D eigenvalue weighted by Crippen LogP contribution is -2.48. The molecule has 0 aromatic heterocycles. The molecular formula is C16H19N3O. The highest BCUT2D eigenvalue weighted by Crippen LogP contribution is 2.23. The fraction of sp³-hybridized carbons (Fsp3) is 0.500. The van der Waals surface area contributed by atoms with E-state index in [0.717, 1.165) is 44.6 Å². The van der Waals surface area contributed by atoms with Gasteiger partial charge < -0.3 is 4.90 Å². The highest BCUT2D eigenvalue weighted by Gasteiger charge is 2.23. The monoisotopic (exact) mass is 269 g/mol. The predicted octanol–water partition coefficient (Wildman–Crippen LogP) is 1.46. The van der Waals surface area contributed by atoms with Crippen LogP contribution >= 0.6 is 0 Å². The maximum atomic E-state index is 12.5. The molecule has 1 fully saturated rings. The summed E-state index contributed by atoms with van der Waals surface area (Å²) in [4.78, 5) is 16.5. The first-order chi connectivity index (χ1) is 9.78. The van der Waals surface area contributed by atoms with Crippen LogP contribution in [0.2, 0.25) is 0 Å². The quantitative estimate of drug-likeness (QED) is 0.764. The Balaban J connectivity index is 1.66. The maximum absolute atomic E-state index is 12.5. The van der Waals surface area contributed by atoms with E-state index in [1.54, 1.807) is 0 Å². The van der Waals surface area contributed by atoms with Crippen LogP contribution in [0.5, 0.6) is 0 Å². The van der Waals surface area contributed by atoms with Crippen LogP contribution in [-0.2, 0) is 12.8 Å². The fourth-order valence-corrected chi connectivity index (χ4v) is 3.10. The van der Waals surface area contributed by atoms with Gasteiger partial charge >= 0.3 is 0 Å². The molecule has 1 amide bonds. The number of carbonyl (C=O) groups excluding carboxylic acids is 1. The van der Waals surface area contributed by atoms with Gasteiger partial charge in [0.15, 0.2) is 0 Å². The first-order valence-corrected chi connectivity index (χ1v) is 7.28. The molecule has 1 heterocycles. The average Bonchev–Trinajstić information content (AvgIpc) is 2.95. The van der Waals surface area contributed by atoms with Gasteiger partial charge in [-0.15, -0.1) is 0 Å². The molecule has 104 valence electrons. The summed E-state index contributed by atoms with van der Waals surface area (Å²) in [5.41, 5.74) is 3.57. The highest BCUT2D eigenvalue weighted by molar-refractivity contribution is 5.94. The summed E-state index contributed by atoms with van der Waals surface area (Å²) in [5, 5.41) is 8.69. The molecule has 1 aromatic rings. The number of benzene rings is 1. The van der Waals surface area contributed by atoms with Crippen molar-refractivity contribution in [3.8, 4) is 6.07 Å². The zero-order valence-electron chi connectivity index (χ0n) is 11.6. The highest BCUT2D eigenvalue weighted by atomic mass is 16.2. The van der Waals surface area contributed by atoms with Crippen LogP contribution < -0.4 is 0 Å². The molecule has 0 radical (unpaired) electrons. The lowest BCUT2D eigenvalue weighted by Gasteiger charge is -2.33. The van der Waals surface area contributed by atoms with Crippen LogP contribution in [0.25, 0.3) is 0 Å². The van der Waals surface area contributed by atoms with Crippen molar-refractivity contribution < 1.29 is 4.79 Å². The molecule has 0 spiro atoms. The van der Waals surface area contributed by atoms with Crippen LogP contribution in [0.4, 0.5) is 0 Å². The molecule has 4 heteroatoms. The van der Waals surface area contributed by atoms with E-state index in [9.17, 15) is 4.79 Å². The second-order valence-electron chi connectivity index (χ2n) is 5.56. The van der Waals surface area contributed by atoms with Crippen LogP contribution in [-0.4, -0.2) is 48.4 Å². The Morgan fingerprint density at radius 1 is 1.15 bits per heavy atom. The van der Waals surface area contributed by atoms with Crippen LogP contribution in [0.1, 0.15) is 27.9 Å². The van der Waals surface area contributed by atoms with Gasteiger partial charge in [-0.25, -0.2) is 0 Å². The van der Waals surface area contributed by atoms with Crippen LogP contribution in [0.15, 0.2) is 18.2 Å². The molecule has 2 aliphatic rings. The molecule has 1 aliphatic carbocycles. The van der Waals surface area contributed by atoms with Gasteiger partial charge in [-0.3, -0.25) is 9.69 Å². The zero-order chi connectivity index (χ0) is 13.9. The largest absolute Gasteiger partial charge is 0.336 e. The van der Waals surface area contributed by atoms with E-state index < -0.39 is 0 Å². The molecule has 0 N–H and O–H groups in total. The van der Waals surface area contributed by atoms with E-state index in [2.05, 4.69) is 23.1 Å². The van der Waals surface area contributed by atoms with Crippen molar-refractivity contribution in [1.82, 2.24) is 9.80 Å². The van der Waals surface area contributed by atoms with Gasteiger partial charge in [0.05, 0.1) is 12.6 Å². The number of aryl methyl sites for hydroxylation is 2. The van der Waals surface area contributed by atoms with E-state index in [1.807, 2.05) is 11.0 Å². The first-order valence-electron chi connectivity index (χ1n) is 7.28. The van der Waals surface area contributed by atoms with Crippen molar-refractivity contribution in [1.29, 1.82) is 5.26 Å². The van der Waals surface area contributed by atoms with E-state index >= 15 is 0 Å². The first kappa shape index (κ1) is 13.1. The van der Waals surface area contributed by atoms with Crippen molar-refractivity contribution in [3.63, 3.8) is 0 Å². The third-order valence-corrected chi connectivity index (χ3v) is 4.30. The Bertz CT molecular complexity index is 553. The Morgan fingerprint density at radius 2 is 1.90 bits per heavy atom. The molecule has 4 nitrogen and oxygen atoms in total. The summed E-state index contributed by atoms with van der Waals surface area (Å²) in [7, 11) is 0. The van der Waals surface area contributed by atoms with Gasteiger partial charge in [-0.1, -0.05) is 6.07 Å². The Kier molecular flexibility index (Phi) is 3.70. The number of hydrogen-bond acceptors (Lipinski definition) is 3. The molecule has 0 saturated carbocycles. The Morgan fingerprint density at radius 3 is 2.65 bits per heavy atom. The number of fused-ring (bicyclic) bond motifs is 1. The summed E-state index contributed by atoms with van der Waals surface area (Å²) in [6.07, 6.45) is 3.46. The third-order valence-electron chi connectivity index (χ3n) is 4.30. The molecule has 20 heavy (non-hydrogen) atoms. The summed E-state index contributed by atoms with van der Waals surface area (Å²) in [6, 6.07) is 8.32. The molecule has 1 aromatic carbocycles. The maximum Gasteiger partial charge on any atom is 0.253 e. The second-order valence-corrected chi connectivity index (χ2v) is 5.56. The SMILES string of the molecule is N#CCN1CCN(C(=O)c2ccc3c(c2)CCC3)CC1. The van der Waals surface area contributed by atoms with Gasteiger partial charge in [-0.2, -0.15) is 5.26 Å². The zero-order valence-corrected chi connectivity index (χ0v) is 11.6. The third kappa shape index (κ3) is 2.54. The lowest BCUT2D eigenvalue weighted by molar-refractivity contribution is 0.0651. The van der Waals surface area contributed by atoms with E-state index in [1.165, 1.54) is 17.5 Å². The standard InChI is InChI=1S/C16H19N3O/c17-6-7-18-8-10-19(11-9-18)16(20)15-5-4-13-2-1-3-14(13)12-15/h4-5,12H,1-3,7-11H2. The van der Waals surface area contributed by atoms with Crippen molar-refractivity contribution in [2.24, 2.45) is 0 Å². The molecule has 1 saturated heterocycles. The van der Waals surface area contributed by atoms with Gasteiger partial charge in [-0.05, 0) is 42.5 Å². The molecule has 1 aliphatic heterocycles. The lowest BCUT2D eigenvalue weighted by atomic mass is 10.1. The Hall–Kier alpha value is -1.86. The predicted molar refractivity (Wildman–Crippen MR) is 76.4 cm³/mol. The normalized spacial score (nSPS) is 18.6. The minimum Gasteiger partial charge on any atom is -0.336 e. The van der Waals surface area contributed by atoms with Crippen molar-refractivity contribution >= 4 is 5.91 Å². The summed E-state index contributed by atoms with van der Waals surface area (Å²) in [5.74, 6) is 0.135. The summed E-state index contributed by atoms with van der Waals surface area (Å²) < 4.78 is 0. The van der Waals surface area contributed by atoms with Gasteiger partial charge in [0.1, 0.15) is 0 Å². The number of nitriles is 1. The number of piperazine rings is 1. The fourth-order valence-electron chi connectivity index (χ4n) is 3.10. The van der Waals surface area contributed by atoms with Crippen LogP contribution in [0, 0.1) is 11.3 Å². The van der Waals surface area contributed by atoms with Crippen molar-refractivity contribution in [3.05, 3.63) is 34.9 Å². The minimum absolute atomic E-state index is 0.135. The summed E-state index contributed by atoms with van der Waals surface area (Å²) in [6.45, 7) is 3.49. The van der Waals surface area contributed by atoms with E-state index in [-0.39, 0.29) is 5.91 Å². The smallest absolute Gasteiger partial charge is 0.253 e. The molecule has 0 bridgehead atoms. The van der Waals surface area contributed by atoms with Gasteiger partial charge in [0.25, 0.3) is 5.91 Å². The molecule has 0 unspecified atom stereocenters. The molecule has 0 atom stereocenters. The van der Waals surface area contributed by atoms with Crippen molar-refractivity contribution in [2.75, 3.05) is 32.7 Å². The summed E-state index contributed by atoms with van der Waals surface area (Å²) >= 11 is 0. The van der Waals surface area contributed by atoms with E-state index in [4.69, 9.17) is 5.26 Å². The van der Waals surface area contributed by atoms with Gasteiger partial charge in [0.2, 0.25) is 0 Å². The molecule has 3 rings (SSSR count). The Labute approximate surface area is 119 Å².